The molecule has 98 valence electrons. The van der Waals surface area contributed by atoms with E-state index < -0.39 is 0 Å². The van der Waals surface area contributed by atoms with E-state index in [4.69, 9.17) is 4.74 Å². The lowest BCUT2D eigenvalue weighted by atomic mass is 10.1. The van der Waals surface area contributed by atoms with Crippen LogP contribution >= 0.6 is 11.8 Å². The molecule has 2 atom stereocenters. The molecule has 5 nitrogen and oxygen atoms in total. The van der Waals surface area contributed by atoms with Gasteiger partial charge in [-0.05, 0) is 12.3 Å². The lowest BCUT2D eigenvalue weighted by molar-refractivity contribution is 0.182. The van der Waals surface area contributed by atoms with Crippen LogP contribution in [0.3, 0.4) is 0 Å². The number of hydrogen-bond acceptors (Lipinski definition) is 5. The molecule has 2 aromatic heterocycles. The normalized spacial score (nSPS) is 22.8. The Morgan fingerprint density at radius 2 is 2.37 bits per heavy atom. The maximum atomic E-state index is 9.33. The number of aromatic nitrogens is 3. The molecule has 2 aromatic rings. The summed E-state index contributed by atoms with van der Waals surface area (Å²) >= 11 is 1.50. The minimum atomic E-state index is 0.178. The standard InChI is InChI=1S/C13H14N4OS/c1-8-6-18-7-11(8)17-10(4-14)3-9-5-15-13(19-2)16-12(9)17/h3,5,8,11H,6-7H2,1-2H3/t8-,11-/m0/s1. The summed E-state index contributed by atoms with van der Waals surface area (Å²) in [7, 11) is 0. The van der Waals surface area contributed by atoms with Crippen molar-refractivity contribution in [2.75, 3.05) is 19.5 Å². The molecule has 3 heterocycles. The fourth-order valence-corrected chi connectivity index (χ4v) is 2.83. The van der Waals surface area contributed by atoms with Gasteiger partial charge in [-0.25, -0.2) is 9.97 Å². The minimum absolute atomic E-state index is 0.178. The van der Waals surface area contributed by atoms with Gasteiger partial charge in [-0.3, -0.25) is 0 Å². The topological polar surface area (TPSA) is 63.7 Å². The van der Waals surface area contributed by atoms with E-state index in [0.717, 1.165) is 22.8 Å². The molecule has 0 saturated carbocycles. The maximum absolute atomic E-state index is 9.33. The highest BCUT2D eigenvalue weighted by Gasteiger charge is 2.29. The van der Waals surface area contributed by atoms with Crippen LogP contribution < -0.4 is 0 Å². The maximum Gasteiger partial charge on any atom is 0.189 e. The predicted octanol–water partition coefficient (Wildman–Crippen LogP) is 2.23. The Morgan fingerprint density at radius 3 is 3.00 bits per heavy atom. The van der Waals surface area contributed by atoms with Gasteiger partial charge in [-0.1, -0.05) is 18.7 Å². The SMILES string of the molecule is CSc1ncc2cc(C#N)n([C@H]3COC[C@@H]3C)c2n1. The van der Waals surface area contributed by atoms with Gasteiger partial charge in [0.05, 0.1) is 19.3 Å². The first kappa shape index (κ1) is 12.5. The third-order valence-corrected chi connectivity index (χ3v) is 4.07. The van der Waals surface area contributed by atoms with Crippen LogP contribution in [0.25, 0.3) is 11.0 Å². The predicted molar refractivity (Wildman–Crippen MR) is 73.0 cm³/mol. The third-order valence-electron chi connectivity index (χ3n) is 3.51. The molecular formula is C13H14N4OS. The smallest absolute Gasteiger partial charge is 0.189 e. The molecule has 0 bridgehead atoms. The van der Waals surface area contributed by atoms with Crippen molar-refractivity contribution in [1.29, 1.82) is 5.26 Å². The molecule has 0 aliphatic carbocycles. The van der Waals surface area contributed by atoms with Gasteiger partial charge in [0.1, 0.15) is 17.4 Å². The van der Waals surface area contributed by atoms with E-state index in [0.29, 0.717) is 18.2 Å². The number of fused-ring (bicyclic) bond motifs is 1. The molecule has 0 N–H and O–H groups in total. The van der Waals surface area contributed by atoms with Crippen LogP contribution in [0.4, 0.5) is 0 Å². The summed E-state index contributed by atoms with van der Waals surface area (Å²) in [4.78, 5) is 8.81. The third kappa shape index (κ3) is 1.99. The van der Waals surface area contributed by atoms with Gasteiger partial charge in [-0.15, -0.1) is 0 Å². The monoisotopic (exact) mass is 274 g/mol. The molecule has 0 amide bonds. The van der Waals surface area contributed by atoms with Crippen LogP contribution in [0.2, 0.25) is 0 Å². The zero-order chi connectivity index (χ0) is 13.4. The van der Waals surface area contributed by atoms with Crippen LogP contribution in [0.15, 0.2) is 17.4 Å². The first-order valence-electron chi connectivity index (χ1n) is 6.14. The van der Waals surface area contributed by atoms with Crippen molar-refractivity contribution < 1.29 is 4.74 Å². The van der Waals surface area contributed by atoms with Crippen molar-refractivity contribution in [3.8, 4) is 6.07 Å². The summed E-state index contributed by atoms with van der Waals surface area (Å²) in [5.74, 6) is 0.385. The summed E-state index contributed by atoms with van der Waals surface area (Å²) in [5, 5.41) is 11.0. The van der Waals surface area contributed by atoms with E-state index in [1.54, 1.807) is 6.20 Å². The van der Waals surface area contributed by atoms with Crippen molar-refractivity contribution in [1.82, 2.24) is 14.5 Å². The first-order chi connectivity index (χ1) is 9.24. The lowest BCUT2D eigenvalue weighted by Crippen LogP contribution is -2.17. The van der Waals surface area contributed by atoms with Crippen LogP contribution in [0.5, 0.6) is 0 Å². The lowest BCUT2D eigenvalue weighted by Gasteiger charge is -2.17. The Hall–Kier alpha value is -1.58. The average Bonchev–Trinajstić information content (AvgIpc) is 3.00. The van der Waals surface area contributed by atoms with Crippen molar-refractivity contribution in [3.05, 3.63) is 18.0 Å². The number of nitriles is 1. The molecule has 3 rings (SSSR count). The van der Waals surface area contributed by atoms with Crippen molar-refractivity contribution in [2.45, 2.75) is 18.1 Å². The second-order valence-electron chi connectivity index (χ2n) is 4.73. The van der Waals surface area contributed by atoms with Gasteiger partial charge >= 0.3 is 0 Å². The van der Waals surface area contributed by atoms with E-state index in [2.05, 4.69) is 23.0 Å². The number of thioether (sulfide) groups is 1. The van der Waals surface area contributed by atoms with Crippen LogP contribution in [-0.4, -0.2) is 34.0 Å². The Kier molecular flexibility index (Phi) is 3.17. The molecule has 0 aromatic carbocycles. The molecule has 1 fully saturated rings. The highest BCUT2D eigenvalue weighted by Crippen LogP contribution is 2.31. The largest absolute Gasteiger partial charge is 0.379 e. The minimum Gasteiger partial charge on any atom is -0.379 e. The summed E-state index contributed by atoms with van der Waals surface area (Å²) in [6.07, 6.45) is 3.73. The average molecular weight is 274 g/mol. The summed E-state index contributed by atoms with van der Waals surface area (Å²) in [6.45, 7) is 3.51. The Balaban J connectivity index is 2.22. The quantitative estimate of drug-likeness (QED) is 0.620. The fraction of sp³-hybridized carbons (Fsp3) is 0.462. The second kappa shape index (κ2) is 4.83. The van der Waals surface area contributed by atoms with Crippen LogP contribution in [0.1, 0.15) is 18.7 Å². The van der Waals surface area contributed by atoms with Crippen molar-refractivity contribution in [2.24, 2.45) is 5.92 Å². The Morgan fingerprint density at radius 1 is 1.53 bits per heavy atom. The molecule has 1 aliphatic heterocycles. The van der Waals surface area contributed by atoms with Crippen molar-refractivity contribution >= 4 is 22.8 Å². The van der Waals surface area contributed by atoms with Gasteiger partial charge in [-0.2, -0.15) is 5.26 Å². The highest BCUT2D eigenvalue weighted by molar-refractivity contribution is 7.98. The van der Waals surface area contributed by atoms with Gasteiger partial charge < -0.3 is 9.30 Å². The van der Waals surface area contributed by atoms with E-state index in [-0.39, 0.29) is 6.04 Å². The van der Waals surface area contributed by atoms with Crippen molar-refractivity contribution in [3.63, 3.8) is 0 Å². The molecule has 19 heavy (non-hydrogen) atoms. The second-order valence-corrected chi connectivity index (χ2v) is 5.50. The Labute approximate surface area is 115 Å². The van der Waals surface area contributed by atoms with E-state index >= 15 is 0 Å². The molecule has 0 unspecified atom stereocenters. The van der Waals surface area contributed by atoms with Gasteiger partial charge in [0.2, 0.25) is 0 Å². The van der Waals surface area contributed by atoms with E-state index in [9.17, 15) is 5.26 Å². The molecule has 0 radical (unpaired) electrons. The zero-order valence-corrected chi connectivity index (χ0v) is 11.6. The summed E-state index contributed by atoms with van der Waals surface area (Å²) < 4.78 is 7.53. The van der Waals surface area contributed by atoms with Crippen LogP contribution in [0, 0.1) is 17.2 Å². The molecule has 1 aliphatic rings. The summed E-state index contributed by atoms with van der Waals surface area (Å²) in [6, 6.07) is 4.28. The first-order valence-corrected chi connectivity index (χ1v) is 7.37. The number of rotatable bonds is 2. The van der Waals surface area contributed by atoms with E-state index in [1.807, 2.05) is 16.9 Å². The van der Waals surface area contributed by atoms with Gasteiger partial charge in [0.25, 0.3) is 0 Å². The fourth-order valence-electron chi connectivity index (χ4n) is 2.49. The number of hydrogen-bond donors (Lipinski definition) is 0. The highest BCUT2D eigenvalue weighted by atomic mass is 32.2. The molecule has 1 saturated heterocycles. The zero-order valence-electron chi connectivity index (χ0n) is 10.8. The van der Waals surface area contributed by atoms with Gasteiger partial charge in [0, 0.05) is 17.5 Å². The number of ether oxygens (including phenoxy) is 1. The molecule has 0 spiro atoms. The Bertz CT molecular complexity index is 660. The molecular weight excluding hydrogens is 260 g/mol. The van der Waals surface area contributed by atoms with Crippen LogP contribution in [-0.2, 0) is 4.74 Å². The van der Waals surface area contributed by atoms with Gasteiger partial charge in [0.15, 0.2) is 5.16 Å². The number of nitrogens with zero attached hydrogens (tertiary/aromatic N) is 4. The molecule has 6 heteroatoms. The summed E-state index contributed by atoms with van der Waals surface area (Å²) in [5.41, 5.74) is 1.46. The van der Waals surface area contributed by atoms with E-state index in [1.165, 1.54) is 11.8 Å².